The number of fused-ring (bicyclic) bond motifs is 1. The largest absolute Gasteiger partial charge is 0.471 e. The van der Waals surface area contributed by atoms with Crippen LogP contribution in [-0.4, -0.2) is 38.0 Å². The van der Waals surface area contributed by atoms with E-state index in [0.29, 0.717) is 5.56 Å². The van der Waals surface area contributed by atoms with Crippen molar-refractivity contribution in [3.8, 4) is 0 Å². The minimum atomic E-state index is -5.17. The van der Waals surface area contributed by atoms with Crippen LogP contribution in [0.15, 0.2) is 42.5 Å². The molecule has 0 saturated carbocycles. The highest BCUT2D eigenvalue weighted by molar-refractivity contribution is 5.90. The van der Waals surface area contributed by atoms with E-state index in [4.69, 9.17) is 4.74 Å². The van der Waals surface area contributed by atoms with Crippen molar-refractivity contribution in [1.29, 1.82) is 0 Å². The van der Waals surface area contributed by atoms with Crippen LogP contribution in [0, 0.1) is 0 Å². The van der Waals surface area contributed by atoms with Gasteiger partial charge in [0.15, 0.2) is 0 Å². The third kappa shape index (κ3) is 4.08. The van der Waals surface area contributed by atoms with Crippen molar-refractivity contribution in [2.24, 2.45) is 0 Å². The second kappa shape index (κ2) is 7.10. The van der Waals surface area contributed by atoms with Gasteiger partial charge in [-0.05, 0) is 16.3 Å². The maximum atomic E-state index is 12.6. The van der Waals surface area contributed by atoms with Crippen molar-refractivity contribution in [2.45, 2.75) is 18.3 Å². The zero-order valence-corrected chi connectivity index (χ0v) is 13.5. The number of methoxy groups -OCH3 is 2. The van der Waals surface area contributed by atoms with E-state index in [1.54, 1.807) is 29.6 Å². The van der Waals surface area contributed by atoms with Crippen molar-refractivity contribution in [3.63, 3.8) is 0 Å². The molecule has 2 aromatic carbocycles. The lowest BCUT2D eigenvalue weighted by atomic mass is 9.99. The van der Waals surface area contributed by atoms with Gasteiger partial charge in [0.05, 0.1) is 7.11 Å². The number of rotatable bonds is 5. The van der Waals surface area contributed by atoms with Crippen LogP contribution >= 0.6 is 0 Å². The lowest BCUT2D eigenvalue weighted by molar-refractivity contribution is -0.191. The summed E-state index contributed by atoms with van der Waals surface area (Å²) < 4.78 is 47.3. The van der Waals surface area contributed by atoms with E-state index in [9.17, 15) is 22.8 Å². The molecule has 25 heavy (non-hydrogen) atoms. The molecule has 0 aliphatic carbocycles. The van der Waals surface area contributed by atoms with E-state index in [1.807, 2.05) is 18.2 Å². The molecule has 0 saturated heterocycles. The number of carbonyl (C=O) groups is 2. The Hall–Kier alpha value is -2.61. The summed E-state index contributed by atoms with van der Waals surface area (Å²) in [6, 6.07) is 12.4. The molecular formula is C17H16F3NO4. The number of benzene rings is 2. The van der Waals surface area contributed by atoms with Gasteiger partial charge in [-0.2, -0.15) is 13.2 Å². The van der Waals surface area contributed by atoms with Gasteiger partial charge in [-0.15, -0.1) is 0 Å². The van der Waals surface area contributed by atoms with Gasteiger partial charge < -0.3 is 14.8 Å². The number of halogens is 3. The Bertz CT molecular complexity index is 791. The summed E-state index contributed by atoms with van der Waals surface area (Å²) in [5, 5.41) is 3.36. The molecule has 1 atom stereocenters. The Labute approximate surface area is 141 Å². The van der Waals surface area contributed by atoms with Gasteiger partial charge in [-0.25, -0.2) is 4.79 Å². The molecule has 0 heterocycles. The highest BCUT2D eigenvalue weighted by Gasteiger charge is 2.49. The second-order valence-electron chi connectivity index (χ2n) is 5.33. The first kappa shape index (κ1) is 18.7. The number of esters is 1. The van der Waals surface area contributed by atoms with Crippen LogP contribution in [0.3, 0.4) is 0 Å². The number of hydrogen-bond donors (Lipinski definition) is 1. The Morgan fingerprint density at radius 3 is 2.24 bits per heavy atom. The predicted octanol–water partition coefficient (Wildman–Crippen LogP) is 2.58. The monoisotopic (exact) mass is 355 g/mol. The fourth-order valence-electron chi connectivity index (χ4n) is 2.43. The molecule has 1 amide bonds. The normalized spacial score (nSPS) is 14.0. The lowest BCUT2D eigenvalue weighted by Crippen LogP contribution is -2.60. The van der Waals surface area contributed by atoms with E-state index in [0.717, 1.165) is 25.0 Å². The molecule has 5 nitrogen and oxygen atoms in total. The maximum absolute atomic E-state index is 12.6. The molecule has 0 fully saturated rings. The molecule has 0 aromatic heterocycles. The summed E-state index contributed by atoms with van der Waals surface area (Å²) in [4.78, 5) is 23.4. The number of hydrogen-bond acceptors (Lipinski definition) is 4. The molecule has 0 bridgehead atoms. The standard InChI is InChI=1S/C17H16F3NO4/c1-24-15(23)16(25-2,21-14(22)17(18,19)20)10-11-7-8-12-5-3-4-6-13(12)9-11/h3-9H,10H2,1-2H3,(H,21,22). The first-order valence-electron chi connectivity index (χ1n) is 7.22. The zero-order valence-electron chi connectivity index (χ0n) is 13.5. The van der Waals surface area contributed by atoms with Crippen LogP contribution in [0.25, 0.3) is 10.8 Å². The maximum Gasteiger partial charge on any atom is 0.471 e. The molecule has 2 rings (SSSR count). The summed E-state index contributed by atoms with van der Waals surface area (Å²) in [7, 11) is 2.02. The highest BCUT2D eigenvalue weighted by Crippen LogP contribution is 2.23. The van der Waals surface area contributed by atoms with Crippen molar-refractivity contribution in [2.75, 3.05) is 14.2 Å². The van der Waals surface area contributed by atoms with Gasteiger partial charge in [0.25, 0.3) is 0 Å². The van der Waals surface area contributed by atoms with Crippen LogP contribution in [0.1, 0.15) is 5.56 Å². The predicted molar refractivity (Wildman–Crippen MR) is 83.6 cm³/mol. The number of amides is 1. The van der Waals surface area contributed by atoms with Crippen LogP contribution < -0.4 is 5.32 Å². The molecule has 1 unspecified atom stereocenters. The van der Waals surface area contributed by atoms with Crippen molar-refractivity contribution < 1.29 is 32.2 Å². The fourth-order valence-corrected chi connectivity index (χ4v) is 2.43. The zero-order chi connectivity index (χ0) is 18.7. The van der Waals surface area contributed by atoms with E-state index < -0.39 is 23.8 Å². The quantitative estimate of drug-likeness (QED) is 0.661. The summed E-state index contributed by atoms with van der Waals surface area (Å²) in [5.41, 5.74) is -1.79. The van der Waals surface area contributed by atoms with E-state index in [1.165, 1.54) is 0 Å². The third-order valence-electron chi connectivity index (χ3n) is 3.70. The van der Waals surface area contributed by atoms with Crippen LogP contribution in [0.2, 0.25) is 0 Å². The molecular weight excluding hydrogens is 339 g/mol. The SMILES string of the molecule is COC(=O)C(Cc1ccc2ccccc2c1)(NC(=O)C(F)(F)F)OC. The van der Waals surface area contributed by atoms with E-state index in [-0.39, 0.29) is 6.42 Å². The molecule has 8 heteroatoms. The molecule has 2 aromatic rings. The lowest BCUT2D eigenvalue weighted by Gasteiger charge is -2.30. The first-order valence-corrected chi connectivity index (χ1v) is 7.22. The van der Waals surface area contributed by atoms with Gasteiger partial charge in [0, 0.05) is 13.5 Å². The van der Waals surface area contributed by atoms with E-state index >= 15 is 0 Å². The summed E-state index contributed by atoms with van der Waals surface area (Å²) >= 11 is 0. The Kier molecular flexibility index (Phi) is 5.32. The minimum absolute atomic E-state index is 0.331. The topological polar surface area (TPSA) is 64.6 Å². The average molecular weight is 355 g/mol. The van der Waals surface area contributed by atoms with Gasteiger partial charge in [-0.3, -0.25) is 4.79 Å². The third-order valence-corrected chi connectivity index (χ3v) is 3.70. The minimum Gasteiger partial charge on any atom is -0.465 e. The summed E-state index contributed by atoms with van der Waals surface area (Å²) in [6.45, 7) is 0. The number of carbonyl (C=O) groups excluding carboxylic acids is 2. The van der Waals surface area contributed by atoms with Crippen molar-refractivity contribution in [3.05, 3.63) is 48.0 Å². The smallest absolute Gasteiger partial charge is 0.465 e. The first-order chi connectivity index (χ1) is 11.7. The Balaban J connectivity index is 2.40. The summed E-state index contributed by atoms with van der Waals surface area (Å²) in [6.07, 6.45) is -5.50. The van der Waals surface area contributed by atoms with Gasteiger partial charge in [0.1, 0.15) is 0 Å². The summed E-state index contributed by atoms with van der Waals surface area (Å²) in [5.74, 6) is -3.43. The fraction of sp³-hybridized carbons (Fsp3) is 0.294. The molecule has 0 spiro atoms. The molecule has 134 valence electrons. The van der Waals surface area contributed by atoms with Gasteiger partial charge in [0.2, 0.25) is 5.72 Å². The van der Waals surface area contributed by atoms with Crippen molar-refractivity contribution >= 4 is 22.6 Å². The molecule has 0 aliphatic rings. The average Bonchev–Trinajstić information content (AvgIpc) is 2.59. The Morgan fingerprint density at radius 2 is 1.68 bits per heavy atom. The van der Waals surface area contributed by atoms with Crippen molar-refractivity contribution in [1.82, 2.24) is 5.32 Å². The van der Waals surface area contributed by atoms with Crippen LogP contribution in [0.4, 0.5) is 13.2 Å². The molecule has 0 radical (unpaired) electrons. The van der Waals surface area contributed by atoms with E-state index in [2.05, 4.69) is 4.74 Å². The second-order valence-corrected chi connectivity index (χ2v) is 5.33. The van der Waals surface area contributed by atoms with Gasteiger partial charge >= 0.3 is 18.1 Å². The number of ether oxygens (including phenoxy) is 2. The van der Waals surface area contributed by atoms with Crippen LogP contribution in [-0.2, 0) is 25.5 Å². The highest BCUT2D eigenvalue weighted by atomic mass is 19.4. The number of alkyl halides is 3. The van der Waals surface area contributed by atoms with Gasteiger partial charge in [-0.1, -0.05) is 42.5 Å². The number of nitrogens with one attached hydrogen (secondary N) is 1. The molecule has 1 N–H and O–H groups in total. The Morgan fingerprint density at radius 1 is 1.04 bits per heavy atom. The molecule has 0 aliphatic heterocycles. The van der Waals surface area contributed by atoms with Crippen LogP contribution in [0.5, 0.6) is 0 Å².